The second-order valence-electron chi connectivity index (χ2n) is 12.5. The predicted molar refractivity (Wildman–Crippen MR) is 206 cm³/mol. The van der Waals surface area contributed by atoms with Crippen molar-refractivity contribution >= 4 is 32.3 Å². The third-order valence-electron chi connectivity index (χ3n) is 9.51. The Bertz CT molecular complexity index is 2760. The minimum Gasteiger partial charge on any atom is -0.228 e. The molecular weight excluding hydrogens is 607 g/mol. The third kappa shape index (κ3) is 5.17. The van der Waals surface area contributed by atoms with E-state index in [1.165, 1.54) is 37.9 Å². The summed E-state index contributed by atoms with van der Waals surface area (Å²) in [5.41, 5.74) is 9.76. The quantitative estimate of drug-likeness (QED) is 0.140. The zero-order valence-corrected chi connectivity index (χ0v) is 27.1. The smallest absolute Gasteiger partial charge is 0.160 e. The van der Waals surface area contributed by atoms with Gasteiger partial charge in [-0.15, -0.1) is 0 Å². The van der Waals surface area contributed by atoms with Crippen LogP contribution in [0.3, 0.4) is 0 Å². The molecule has 50 heavy (non-hydrogen) atoms. The first-order chi connectivity index (χ1) is 24.7. The van der Waals surface area contributed by atoms with Crippen LogP contribution in [-0.4, -0.2) is 9.97 Å². The van der Waals surface area contributed by atoms with E-state index >= 15 is 0 Å². The average Bonchev–Trinajstić information content (AvgIpc) is 3.20. The first kappa shape index (κ1) is 29.3. The van der Waals surface area contributed by atoms with Gasteiger partial charge < -0.3 is 0 Å². The summed E-state index contributed by atoms with van der Waals surface area (Å²) < 4.78 is 0. The summed E-state index contributed by atoms with van der Waals surface area (Å²) in [7, 11) is 0. The molecule has 0 N–H and O–H groups in total. The fourth-order valence-corrected chi connectivity index (χ4v) is 7.08. The van der Waals surface area contributed by atoms with Crippen LogP contribution in [0.25, 0.3) is 88.5 Å². The van der Waals surface area contributed by atoms with Gasteiger partial charge in [-0.25, -0.2) is 9.97 Å². The van der Waals surface area contributed by atoms with Crippen molar-refractivity contribution in [3.8, 4) is 62.2 Å². The molecule has 0 bridgehead atoms. The van der Waals surface area contributed by atoms with Gasteiger partial charge in [0.15, 0.2) is 5.82 Å². The van der Waals surface area contributed by atoms with Crippen LogP contribution in [0.5, 0.6) is 0 Å². The molecule has 0 unspecified atom stereocenters. The lowest BCUT2D eigenvalue weighted by Gasteiger charge is -2.17. The molecule has 0 amide bonds. The Labute approximate surface area is 290 Å². The van der Waals surface area contributed by atoms with Crippen molar-refractivity contribution in [3.05, 3.63) is 181 Å². The van der Waals surface area contributed by atoms with Crippen LogP contribution in [0.4, 0.5) is 0 Å². The molecule has 0 saturated carbocycles. The highest BCUT2D eigenvalue weighted by Gasteiger charge is 2.18. The van der Waals surface area contributed by atoms with Crippen molar-refractivity contribution in [1.29, 1.82) is 5.26 Å². The fraction of sp³-hybridized carbons (Fsp3) is 0. The van der Waals surface area contributed by atoms with Crippen LogP contribution in [0.2, 0.25) is 0 Å². The molecular formula is C47H29N3. The maximum absolute atomic E-state index is 9.31. The highest BCUT2D eigenvalue weighted by atomic mass is 14.9. The summed E-state index contributed by atoms with van der Waals surface area (Å²) in [5, 5.41) is 16.6. The van der Waals surface area contributed by atoms with Crippen molar-refractivity contribution in [2.75, 3.05) is 0 Å². The molecule has 232 valence electrons. The van der Waals surface area contributed by atoms with E-state index in [4.69, 9.17) is 9.97 Å². The molecule has 0 radical (unpaired) electrons. The maximum Gasteiger partial charge on any atom is 0.160 e. The van der Waals surface area contributed by atoms with Crippen molar-refractivity contribution in [3.63, 3.8) is 0 Å². The number of benzene rings is 8. The van der Waals surface area contributed by atoms with Crippen LogP contribution < -0.4 is 0 Å². The van der Waals surface area contributed by atoms with Crippen molar-refractivity contribution in [1.82, 2.24) is 9.97 Å². The zero-order valence-electron chi connectivity index (χ0n) is 27.1. The number of hydrogen-bond donors (Lipinski definition) is 0. The van der Waals surface area contributed by atoms with Crippen LogP contribution >= 0.6 is 0 Å². The predicted octanol–water partition coefficient (Wildman–Crippen LogP) is 12.1. The third-order valence-corrected chi connectivity index (χ3v) is 9.51. The minimum absolute atomic E-state index is 0.642. The minimum atomic E-state index is 0.642. The standard InChI is InChI=1S/C47H29N3/c48-30-31-21-23-32(24-22-31)35-15-10-16-37(27-35)44-29-45(50-47(49-44)34-12-2-1-3-13-34)40-19-8-9-20-41(40)46-39-18-7-5-14-36(39)28-43-38-17-6-4-11-33(38)25-26-42(43)46/h1-29H. The van der Waals surface area contributed by atoms with Gasteiger partial charge in [-0.05, 0) is 84.9 Å². The molecule has 0 aliphatic carbocycles. The van der Waals surface area contributed by atoms with Gasteiger partial charge in [0.1, 0.15) is 0 Å². The first-order valence-electron chi connectivity index (χ1n) is 16.7. The second-order valence-corrected chi connectivity index (χ2v) is 12.5. The molecule has 0 aliphatic heterocycles. The molecule has 0 saturated heterocycles. The summed E-state index contributed by atoms with van der Waals surface area (Å²) in [4.78, 5) is 10.4. The Hall–Kier alpha value is -6.89. The largest absolute Gasteiger partial charge is 0.228 e. The van der Waals surface area contributed by atoms with Crippen molar-refractivity contribution < 1.29 is 0 Å². The van der Waals surface area contributed by atoms with Crippen LogP contribution in [0, 0.1) is 11.3 Å². The van der Waals surface area contributed by atoms with Crippen LogP contribution in [-0.2, 0) is 0 Å². The summed E-state index contributed by atoms with van der Waals surface area (Å²) >= 11 is 0. The van der Waals surface area contributed by atoms with E-state index in [0.29, 0.717) is 11.4 Å². The summed E-state index contributed by atoms with van der Waals surface area (Å²) in [6.45, 7) is 0. The number of nitriles is 1. The monoisotopic (exact) mass is 635 g/mol. The molecule has 0 aliphatic rings. The van der Waals surface area contributed by atoms with Gasteiger partial charge in [-0.3, -0.25) is 0 Å². The van der Waals surface area contributed by atoms with E-state index in [-0.39, 0.29) is 0 Å². The van der Waals surface area contributed by atoms with Gasteiger partial charge in [-0.1, -0.05) is 146 Å². The Kier molecular flexibility index (Phi) is 7.19. The molecule has 3 nitrogen and oxygen atoms in total. The zero-order chi connectivity index (χ0) is 33.4. The highest BCUT2D eigenvalue weighted by Crippen LogP contribution is 2.43. The topological polar surface area (TPSA) is 49.6 Å². The van der Waals surface area contributed by atoms with Crippen LogP contribution in [0.1, 0.15) is 5.56 Å². The molecule has 0 fully saturated rings. The van der Waals surface area contributed by atoms with E-state index in [9.17, 15) is 5.26 Å². The average molecular weight is 636 g/mol. The number of nitrogens with zero attached hydrogens (tertiary/aromatic N) is 3. The Morgan fingerprint density at radius 3 is 1.86 bits per heavy atom. The van der Waals surface area contributed by atoms with Gasteiger partial charge in [-0.2, -0.15) is 5.26 Å². The van der Waals surface area contributed by atoms with Gasteiger partial charge in [0.25, 0.3) is 0 Å². The van der Waals surface area contributed by atoms with E-state index in [0.717, 1.165) is 44.8 Å². The van der Waals surface area contributed by atoms with Crippen LogP contribution in [0.15, 0.2) is 176 Å². The lowest BCUT2D eigenvalue weighted by atomic mass is 9.87. The fourth-order valence-electron chi connectivity index (χ4n) is 7.08. The number of aromatic nitrogens is 2. The van der Waals surface area contributed by atoms with Crippen molar-refractivity contribution in [2.24, 2.45) is 0 Å². The van der Waals surface area contributed by atoms with E-state index in [1.54, 1.807) is 0 Å². The Morgan fingerprint density at radius 2 is 1.04 bits per heavy atom. The van der Waals surface area contributed by atoms with Gasteiger partial charge in [0.05, 0.1) is 23.0 Å². The first-order valence-corrected chi connectivity index (χ1v) is 16.7. The summed E-state index contributed by atoms with van der Waals surface area (Å²) in [6.07, 6.45) is 0. The SMILES string of the molecule is N#Cc1ccc(-c2cccc(-c3cc(-c4ccccc4-c4c5ccccc5cc5c4ccc4ccccc45)nc(-c4ccccc4)n3)c2)cc1. The van der Waals surface area contributed by atoms with E-state index in [1.807, 2.05) is 42.5 Å². The van der Waals surface area contributed by atoms with Gasteiger partial charge >= 0.3 is 0 Å². The summed E-state index contributed by atoms with van der Waals surface area (Å²) in [6, 6.07) is 63.4. The summed E-state index contributed by atoms with van der Waals surface area (Å²) in [5.74, 6) is 0.672. The molecule has 0 spiro atoms. The molecule has 9 aromatic rings. The normalized spacial score (nSPS) is 11.2. The Balaban J connectivity index is 1.29. The number of fused-ring (bicyclic) bond motifs is 4. The molecule has 3 heteroatoms. The molecule has 1 heterocycles. The molecule has 8 aromatic carbocycles. The van der Waals surface area contributed by atoms with Gasteiger partial charge in [0.2, 0.25) is 0 Å². The van der Waals surface area contributed by atoms with E-state index in [2.05, 4.69) is 140 Å². The molecule has 9 rings (SSSR count). The van der Waals surface area contributed by atoms with Crippen molar-refractivity contribution in [2.45, 2.75) is 0 Å². The Morgan fingerprint density at radius 1 is 0.380 bits per heavy atom. The maximum atomic E-state index is 9.31. The molecule has 1 aromatic heterocycles. The lowest BCUT2D eigenvalue weighted by molar-refractivity contribution is 1.18. The number of hydrogen-bond acceptors (Lipinski definition) is 3. The second kappa shape index (κ2) is 12.3. The van der Waals surface area contributed by atoms with E-state index < -0.39 is 0 Å². The lowest BCUT2D eigenvalue weighted by Crippen LogP contribution is -1.97. The van der Waals surface area contributed by atoms with Gasteiger partial charge in [0, 0.05) is 16.7 Å². The number of rotatable bonds is 5. The molecule has 0 atom stereocenters. The highest BCUT2D eigenvalue weighted by molar-refractivity contribution is 6.21.